The lowest BCUT2D eigenvalue weighted by Crippen LogP contribution is -2.34. The molecule has 0 radical (unpaired) electrons. The first-order valence-corrected chi connectivity index (χ1v) is 9.13. The van der Waals surface area contributed by atoms with Crippen LogP contribution in [-0.4, -0.2) is 31.9 Å². The van der Waals surface area contributed by atoms with Crippen LogP contribution in [0.4, 0.5) is 0 Å². The van der Waals surface area contributed by atoms with Crippen molar-refractivity contribution in [1.82, 2.24) is 9.62 Å². The van der Waals surface area contributed by atoms with Gasteiger partial charge in [0.25, 0.3) is 0 Å². The Morgan fingerprint density at radius 3 is 2.62 bits per heavy atom. The zero-order chi connectivity index (χ0) is 15.6. The second kappa shape index (κ2) is 6.46. The summed E-state index contributed by atoms with van der Waals surface area (Å²) < 4.78 is 27.5. The van der Waals surface area contributed by atoms with Gasteiger partial charge in [-0.05, 0) is 49.9 Å². The Balaban J connectivity index is 2.36. The minimum atomic E-state index is -3.39. The van der Waals surface area contributed by atoms with Crippen molar-refractivity contribution in [3.63, 3.8) is 0 Å². The number of benzene rings is 1. The lowest BCUT2D eigenvalue weighted by atomic mass is 10.1. The molecule has 1 fully saturated rings. The summed E-state index contributed by atoms with van der Waals surface area (Å²) in [5.74, 6) is 0.431. The highest BCUT2D eigenvalue weighted by Gasteiger charge is 2.36. The van der Waals surface area contributed by atoms with Gasteiger partial charge in [-0.25, -0.2) is 8.42 Å². The molecule has 0 aliphatic carbocycles. The van der Waals surface area contributed by atoms with E-state index in [1.165, 1.54) is 0 Å². The molecule has 1 N–H and O–H groups in total. The fourth-order valence-corrected chi connectivity index (χ4v) is 5.15. The Morgan fingerprint density at radius 2 is 2.05 bits per heavy atom. The molecule has 4 nitrogen and oxygen atoms in total. The molecule has 5 heteroatoms. The van der Waals surface area contributed by atoms with E-state index >= 15 is 0 Å². The summed E-state index contributed by atoms with van der Waals surface area (Å²) in [6.07, 6.45) is 0.940. The van der Waals surface area contributed by atoms with Gasteiger partial charge in [-0.1, -0.05) is 26.0 Å². The van der Waals surface area contributed by atoms with Gasteiger partial charge in [0.2, 0.25) is 10.0 Å². The van der Waals surface area contributed by atoms with Gasteiger partial charge in [0.1, 0.15) is 0 Å². The van der Waals surface area contributed by atoms with Crippen LogP contribution in [-0.2, 0) is 16.6 Å². The summed E-state index contributed by atoms with van der Waals surface area (Å²) in [7, 11) is -3.39. The molecule has 1 aromatic carbocycles. The Hall–Kier alpha value is -0.910. The van der Waals surface area contributed by atoms with Crippen molar-refractivity contribution in [2.45, 2.75) is 51.6 Å². The summed E-state index contributed by atoms with van der Waals surface area (Å²) >= 11 is 0. The van der Waals surface area contributed by atoms with Gasteiger partial charge >= 0.3 is 0 Å². The van der Waals surface area contributed by atoms with Crippen LogP contribution < -0.4 is 5.32 Å². The van der Waals surface area contributed by atoms with Crippen molar-refractivity contribution in [1.29, 1.82) is 0 Å². The monoisotopic (exact) mass is 310 g/mol. The predicted molar refractivity (Wildman–Crippen MR) is 85.7 cm³/mol. The highest BCUT2D eigenvalue weighted by Crippen LogP contribution is 2.31. The maximum atomic E-state index is 12.9. The van der Waals surface area contributed by atoms with Crippen molar-refractivity contribution in [3.05, 3.63) is 29.3 Å². The van der Waals surface area contributed by atoms with E-state index < -0.39 is 10.0 Å². The lowest BCUT2D eigenvalue weighted by molar-refractivity contribution is 0.405. The van der Waals surface area contributed by atoms with E-state index in [1.807, 2.05) is 32.9 Å². The Morgan fingerprint density at radius 1 is 1.33 bits per heavy atom. The van der Waals surface area contributed by atoms with Crippen LogP contribution in [0.2, 0.25) is 0 Å². The molecule has 0 bridgehead atoms. The van der Waals surface area contributed by atoms with Crippen LogP contribution in [0.5, 0.6) is 0 Å². The van der Waals surface area contributed by atoms with E-state index in [-0.39, 0.29) is 6.04 Å². The Kier molecular flexibility index (Phi) is 5.07. The standard InChI is InChI=1S/C16H26N2O2S/c1-5-17-10-15-7-6-8-16(14(15)4)21(19,20)18-11-12(2)9-13(18)3/h6-8,12-13,17H,5,9-11H2,1-4H3. The molecular weight excluding hydrogens is 284 g/mol. The van der Waals surface area contributed by atoms with Crippen molar-refractivity contribution >= 4 is 10.0 Å². The van der Waals surface area contributed by atoms with Gasteiger partial charge in [-0.2, -0.15) is 4.31 Å². The minimum Gasteiger partial charge on any atom is -0.313 e. The van der Waals surface area contributed by atoms with Crippen molar-refractivity contribution in [3.8, 4) is 0 Å². The van der Waals surface area contributed by atoms with Crippen LogP contribution in [0.25, 0.3) is 0 Å². The summed E-state index contributed by atoms with van der Waals surface area (Å²) in [4.78, 5) is 0.457. The number of nitrogens with zero attached hydrogens (tertiary/aromatic N) is 1. The normalized spacial score (nSPS) is 23.6. The van der Waals surface area contributed by atoms with Crippen LogP contribution in [0.1, 0.15) is 38.3 Å². The predicted octanol–water partition coefficient (Wildman–Crippen LogP) is 2.52. The average Bonchev–Trinajstić information content (AvgIpc) is 2.77. The van der Waals surface area contributed by atoms with Gasteiger partial charge < -0.3 is 5.32 Å². The van der Waals surface area contributed by atoms with E-state index in [2.05, 4.69) is 12.2 Å². The second-order valence-corrected chi connectivity index (χ2v) is 7.94. The number of rotatable bonds is 5. The zero-order valence-corrected chi connectivity index (χ0v) is 14.2. The third-order valence-corrected chi connectivity index (χ3v) is 6.40. The van der Waals surface area contributed by atoms with Gasteiger partial charge in [-0.3, -0.25) is 0 Å². The van der Waals surface area contributed by atoms with Crippen molar-refractivity contribution in [2.24, 2.45) is 5.92 Å². The van der Waals surface area contributed by atoms with E-state index in [0.29, 0.717) is 23.9 Å². The van der Waals surface area contributed by atoms with Crippen LogP contribution in [0.3, 0.4) is 0 Å². The number of sulfonamides is 1. The molecule has 118 valence electrons. The largest absolute Gasteiger partial charge is 0.313 e. The fourth-order valence-electron chi connectivity index (χ4n) is 3.11. The molecular formula is C16H26N2O2S. The second-order valence-electron chi connectivity index (χ2n) is 6.09. The smallest absolute Gasteiger partial charge is 0.243 e. The molecule has 0 aromatic heterocycles. The van der Waals surface area contributed by atoms with Gasteiger partial charge in [0.05, 0.1) is 4.90 Å². The summed E-state index contributed by atoms with van der Waals surface area (Å²) in [5.41, 5.74) is 1.92. The quantitative estimate of drug-likeness (QED) is 0.909. The molecule has 2 unspecified atom stereocenters. The van der Waals surface area contributed by atoms with Gasteiger partial charge in [0.15, 0.2) is 0 Å². The third-order valence-electron chi connectivity index (χ3n) is 4.28. The Labute approximate surface area is 128 Å². The van der Waals surface area contributed by atoms with Crippen molar-refractivity contribution < 1.29 is 8.42 Å². The molecule has 1 aromatic rings. The lowest BCUT2D eigenvalue weighted by Gasteiger charge is -2.23. The Bertz CT molecular complexity index is 598. The molecule has 2 rings (SSSR count). The molecule has 21 heavy (non-hydrogen) atoms. The maximum absolute atomic E-state index is 12.9. The summed E-state index contributed by atoms with van der Waals surface area (Å²) in [5, 5.41) is 3.26. The topological polar surface area (TPSA) is 49.4 Å². The zero-order valence-electron chi connectivity index (χ0n) is 13.4. The molecule has 1 saturated heterocycles. The van der Waals surface area contributed by atoms with E-state index in [4.69, 9.17) is 0 Å². The molecule has 1 aliphatic rings. The first kappa shape index (κ1) is 16.5. The van der Waals surface area contributed by atoms with E-state index in [9.17, 15) is 8.42 Å². The molecule has 2 atom stereocenters. The molecule has 1 heterocycles. The van der Waals surface area contributed by atoms with Crippen molar-refractivity contribution in [2.75, 3.05) is 13.1 Å². The van der Waals surface area contributed by atoms with E-state index in [1.54, 1.807) is 10.4 Å². The summed E-state index contributed by atoms with van der Waals surface area (Å²) in [6.45, 7) is 10.3. The van der Waals surface area contributed by atoms with E-state index in [0.717, 1.165) is 24.1 Å². The number of hydrogen-bond donors (Lipinski definition) is 1. The first-order valence-electron chi connectivity index (χ1n) is 7.69. The number of nitrogens with one attached hydrogen (secondary N) is 1. The highest BCUT2D eigenvalue weighted by atomic mass is 32.2. The SMILES string of the molecule is CCNCc1cccc(S(=O)(=O)N2CC(C)CC2C)c1C. The van der Waals surface area contributed by atoms with Gasteiger partial charge in [-0.15, -0.1) is 0 Å². The fraction of sp³-hybridized carbons (Fsp3) is 0.625. The highest BCUT2D eigenvalue weighted by molar-refractivity contribution is 7.89. The number of hydrogen-bond acceptors (Lipinski definition) is 3. The first-order chi connectivity index (χ1) is 9.87. The van der Waals surface area contributed by atoms with Crippen LogP contribution in [0, 0.1) is 12.8 Å². The van der Waals surface area contributed by atoms with Crippen LogP contribution >= 0.6 is 0 Å². The molecule has 0 saturated carbocycles. The summed E-state index contributed by atoms with van der Waals surface area (Å²) in [6, 6.07) is 5.65. The van der Waals surface area contributed by atoms with Crippen LogP contribution in [0.15, 0.2) is 23.1 Å². The third kappa shape index (κ3) is 3.30. The minimum absolute atomic E-state index is 0.0850. The average molecular weight is 310 g/mol. The van der Waals surface area contributed by atoms with Gasteiger partial charge in [0, 0.05) is 19.1 Å². The molecule has 0 amide bonds. The maximum Gasteiger partial charge on any atom is 0.243 e. The molecule has 0 spiro atoms. The molecule has 1 aliphatic heterocycles.